The molecule has 1 saturated heterocycles. The summed E-state index contributed by atoms with van der Waals surface area (Å²) in [5.74, 6) is 2.40. The topological polar surface area (TPSA) is 92.7 Å². The third-order valence-electron chi connectivity index (χ3n) is 5.56. The van der Waals surface area contributed by atoms with Crippen molar-refractivity contribution in [1.29, 1.82) is 0 Å². The van der Waals surface area contributed by atoms with E-state index in [1.807, 2.05) is 17.9 Å². The molecule has 1 amide bonds. The highest BCUT2D eigenvalue weighted by Gasteiger charge is 2.35. The van der Waals surface area contributed by atoms with Crippen LogP contribution in [0.2, 0.25) is 0 Å². The minimum absolute atomic E-state index is 0. The molecule has 2 aliphatic rings. The number of carbonyl (C=O) groups excluding carboxylic acids is 1. The Hall–Kier alpha value is -1.64. The highest BCUT2D eigenvalue weighted by molar-refractivity contribution is 5.85. The molecule has 2 aromatic heterocycles. The number of rotatable bonds is 3. The molecule has 0 aromatic carbocycles. The second kappa shape index (κ2) is 9.03. The van der Waals surface area contributed by atoms with Crippen LogP contribution < -0.4 is 10.6 Å². The lowest BCUT2D eigenvalue weighted by atomic mass is 9.94. The van der Waals surface area contributed by atoms with Crippen molar-refractivity contribution in [2.45, 2.75) is 26.2 Å². The van der Waals surface area contributed by atoms with Gasteiger partial charge < -0.3 is 15.5 Å². The molecule has 4 rings (SSSR count). The fourth-order valence-electron chi connectivity index (χ4n) is 4.17. The zero-order valence-electron chi connectivity index (χ0n) is 15.5. The Morgan fingerprint density at radius 2 is 1.96 bits per heavy atom. The van der Waals surface area contributed by atoms with Gasteiger partial charge in [-0.1, -0.05) is 6.42 Å². The Labute approximate surface area is 171 Å². The SMILES string of the molecule is Cc1cc(N2CCN(C(=O)[C@@H]3CCC[C@@H]3CN)CC2)n2ncnc2n1.Cl.Cl. The summed E-state index contributed by atoms with van der Waals surface area (Å²) >= 11 is 0. The maximum Gasteiger partial charge on any atom is 0.254 e. The molecule has 2 atom stereocenters. The second-order valence-electron chi connectivity index (χ2n) is 7.07. The predicted octanol–water partition coefficient (Wildman–Crippen LogP) is 1.30. The van der Waals surface area contributed by atoms with Crippen LogP contribution in [0.3, 0.4) is 0 Å². The number of hydrogen-bond donors (Lipinski definition) is 1. The number of nitrogens with two attached hydrogens (primary N) is 1. The first-order valence-electron chi connectivity index (χ1n) is 9.08. The monoisotopic (exact) mass is 415 g/mol. The Morgan fingerprint density at radius 1 is 1.22 bits per heavy atom. The van der Waals surface area contributed by atoms with Crippen molar-refractivity contribution >= 4 is 42.3 Å². The first-order valence-corrected chi connectivity index (χ1v) is 9.08. The molecule has 2 N–H and O–H groups in total. The van der Waals surface area contributed by atoms with Gasteiger partial charge in [-0.2, -0.15) is 14.6 Å². The largest absolute Gasteiger partial charge is 0.353 e. The molecule has 27 heavy (non-hydrogen) atoms. The number of hydrogen-bond acceptors (Lipinski definition) is 6. The Balaban J connectivity index is 0.00000131. The van der Waals surface area contributed by atoms with Gasteiger partial charge in [0, 0.05) is 43.9 Å². The van der Waals surface area contributed by atoms with Crippen molar-refractivity contribution in [2.24, 2.45) is 17.6 Å². The van der Waals surface area contributed by atoms with Gasteiger partial charge in [0.25, 0.3) is 5.78 Å². The van der Waals surface area contributed by atoms with Gasteiger partial charge in [0.05, 0.1) is 0 Å². The molecule has 3 heterocycles. The summed E-state index contributed by atoms with van der Waals surface area (Å²) < 4.78 is 1.77. The van der Waals surface area contributed by atoms with Crippen molar-refractivity contribution in [1.82, 2.24) is 24.5 Å². The summed E-state index contributed by atoms with van der Waals surface area (Å²) in [4.78, 5) is 25.7. The third-order valence-corrected chi connectivity index (χ3v) is 5.56. The molecule has 150 valence electrons. The number of amides is 1. The van der Waals surface area contributed by atoms with E-state index in [0.29, 0.717) is 24.1 Å². The number of carbonyl (C=O) groups is 1. The fraction of sp³-hybridized carbons (Fsp3) is 0.647. The van der Waals surface area contributed by atoms with Crippen molar-refractivity contribution in [3.8, 4) is 0 Å². The smallest absolute Gasteiger partial charge is 0.254 e. The van der Waals surface area contributed by atoms with Gasteiger partial charge in [-0.3, -0.25) is 4.79 Å². The molecule has 0 spiro atoms. The van der Waals surface area contributed by atoms with Gasteiger partial charge in [-0.15, -0.1) is 24.8 Å². The van der Waals surface area contributed by atoms with Gasteiger partial charge in [-0.25, -0.2) is 4.98 Å². The number of aryl methyl sites for hydroxylation is 1. The van der Waals surface area contributed by atoms with Crippen LogP contribution in [0.25, 0.3) is 5.78 Å². The van der Waals surface area contributed by atoms with E-state index in [1.54, 1.807) is 4.52 Å². The van der Waals surface area contributed by atoms with Crippen LogP contribution >= 0.6 is 24.8 Å². The van der Waals surface area contributed by atoms with E-state index in [4.69, 9.17) is 5.73 Å². The van der Waals surface area contributed by atoms with Crippen molar-refractivity contribution < 1.29 is 4.79 Å². The van der Waals surface area contributed by atoms with Gasteiger partial charge in [-0.05, 0) is 32.2 Å². The summed E-state index contributed by atoms with van der Waals surface area (Å²) in [6.07, 6.45) is 4.73. The number of nitrogens with zero attached hydrogens (tertiary/aromatic N) is 6. The number of anilines is 1. The van der Waals surface area contributed by atoms with E-state index in [1.165, 1.54) is 6.33 Å². The number of aromatic nitrogens is 4. The van der Waals surface area contributed by atoms with E-state index in [9.17, 15) is 4.79 Å². The van der Waals surface area contributed by atoms with Crippen LogP contribution in [-0.2, 0) is 4.79 Å². The standard InChI is InChI=1S/C17H25N7O.2ClH/c1-12-9-15(24-17(21-12)19-11-20-24)22-5-7-23(8-6-22)16(25)14-4-2-3-13(14)10-18;;/h9,11,13-14H,2-8,10,18H2,1H3;2*1H/t13-,14-;;/m1../s1. The normalized spacial score (nSPS) is 22.4. The lowest BCUT2D eigenvalue weighted by Crippen LogP contribution is -2.51. The van der Waals surface area contributed by atoms with E-state index in [0.717, 1.165) is 57.0 Å². The zero-order valence-corrected chi connectivity index (χ0v) is 17.1. The highest BCUT2D eigenvalue weighted by atomic mass is 35.5. The fourth-order valence-corrected chi connectivity index (χ4v) is 4.17. The van der Waals surface area contributed by atoms with Crippen LogP contribution in [0.5, 0.6) is 0 Å². The maximum absolute atomic E-state index is 12.9. The summed E-state index contributed by atoms with van der Waals surface area (Å²) in [5, 5.41) is 4.28. The number of fused-ring (bicyclic) bond motifs is 1. The predicted molar refractivity (Wildman–Crippen MR) is 109 cm³/mol. The number of piperazine rings is 1. The lowest BCUT2D eigenvalue weighted by Gasteiger charge is -2.37. The number of halogens is 2. The van der Waals surface area contributed by atoms with E-state index < -0.39 is 0 Å². The molecule has 2 aromatic rings. The molecule has 0 bridgehead atoms. The molecule has 1 aliphatic carbocycles. The van der Waals surface area contributed by atoms with Crippen molar-refractivity contribution in [2.75, 3.05) is 37.6 Å². The maximum atomic E-state index is 12.9. The Morgan fingerprint density at radius 3 is 2.67 bits per heavy atom. The van der Waals surface area contributed by atoms with E-state index in [2.05, 4.69) is 20.0 Å². The van der Waals surface area contributed by atoms with Crippen LogP contribution in [0, 0.1) is 18.8 Å². The molecular weight excluding hydrogens is 389 g/mol. The zero-order chi connectivity index (χ0) is 17.4. The lowest BCUT2D eigenvalue weighted by molar-refractivity contribution is -0.136. The molecule has 0 unspecified atom stereocenters. The first kappa shape index (κ1) is 21.7. The quantitative estimate of drug-likeness (QED) is 0.811. The van der Waals surface area contributed by atoms with Crippen LogP contribution in [0.4, 0.5) is 5.82 Å². The Bertz CT molecular complexity index is 776. The second-order valence-corrected chi connectivity index (χ2v) is 7.07. The van der Waals surface area contributed by atoms with Crippen LogP contribution in [-0.4, -0.2) is 63.1 Å². The molecule has 2 fully saturated rings. The Kier molecular flexibility index (Phi) is 7.25. The average Bonchev–Trinajstić information content (AvgIpc) is 3.29. The molecule has 10 heteroatoms. The average molecular weight is 416 g/mol. The minimum Gasteiger partial charge on any atom is -0.353 e. The highest BCUT2D eigenvalue weighted by Crippen LogP contribution is 2.32. The molecule has 8 nitrogen and oxygen atoms in total. The van der Waals surface area contributed by atoms with Gasteiger partial charge >= 0.3 is 0 Å². The van der Waals surface area contributed by atoms with E-state index in [-0.39, 0.29) is 30.7 Å². The summed E-state index contributed by atoms with van der Waals surface area (Å²) in [7, 11) is 0. The van der Waals surface area contributed by atoms with Crippen LogP contribution in [0.1, 0.15) is 25.0 Å². The van der Waals surface area contributed by atoms with Crippen molar-refractivity contribution in [3.63, 3.8) is 0 Å². The third kappa shape index (κ3) is 4.12. The van der Waals surface area contributed by atoms with Gasteiger partial charge in [0.15, 0.2) is 0 Å². The van der Waals surface area contributed by atoms with Gasteiger partial charge in [0.1, 0.15) is 12.1 Å². The minimum atomic E-state index is 0. The first-order chi connectivity index (χ1) is 12.2. The van der Waals surface area contributed by atoms with Gasteiger partial charge in [0.2, 0.25) is 5.91 Å². The molecule has 0 radical (unpaired) electrons. The molecule has 1 aliphatic heterocycles. The van der Waals surface area contributed by atoms with Crippen LogP contribution in [0.15, 0.2) is 12.4 Å². The molecular formula is C17H27Cl2N7O. The van der Waals surface area contributed by atoms with E-state index >= 15 is 0 Å². The summed E-state index contributed by atoms with van der Waals surface area (Å²) in [6.45, 7) is 5.66. The summed E-state index contributed by atoms with van der Waals surface area (Å²) in [5.41, 5.74) is 6.77. The molecule has 1 saturated carbocycles. The summed E-state index contributed by atoms with van der Waals surface area (Å²) in [6, 6.07) is 2.03. The van der Waals surface area contributed by atoms with Crippen molar-refractivity contribution in [3.05, 3.63) is 18.1 Å².